The van der Waals surface area contributed by atoms with Crippen molar-refractivity contribution in [3.63, 3.8) is 0 Å². The molecule has 0 aliphatic carbocycles. The minimum atomic E-state index is -1.06. The maximum absolute atomic E-state index is 14.1. The molecular weight excluding hydrogens is 482 g/mol. The lowest BCUT2D eigenvalue weighted by molar-refractivity contribution is -0.128. The van der Waals surface area contributed by atoms with Gasteiger partial charge in [0.2, 0.25) is 11.8 Å². The molecule has 4 aromatic rings. The monoisotopic (exact) mass is 513 g/mol. The molecule has 3 aromatic carbocycles. The summed E-state index contributed by atoms with van der Waals surface area (Å²) in [4.78, 5) is 41.6. The Labute approximate surface area is 221 Å². The van der Waals surface area contributed by atoms with Gasteiger partial charge in [0.05, 0.1) is 12.6 Å². The normalized spacial score (nSPS) is 12.1. The van der Waals surface area contributed by atoms with Gasteiger partial charge in [0.15, 0.2) is 5.78 Å². The molecule has 9 heteroatoms. The van der Waals surface area contributed by atoms with Crippen LogP contribution in [0, 0.1) is 0 Å². The molecule has 1 N–H and O–H groups in total. The average Bonchev–Trinajstić information content (AvgIpc) is 3.28. The molecule has 0 bridgehead atoms. The Morgan fingerprint density at radius 3 is 2.45 bits per heavy atom. The van der Waals surface area contributed by atoms with E-state index in [2.05, 4.69) is 15.6 Å². The second-order valence-electron chi connectivity index (χ2n) is 10.0. The summed E-state index contributed by atoms with van der Waals surface area (Å²) >= 11 is 0. The van der Waals surface area contributed by atoms with Crippen LogP contribution in [0.15, 0.2) is 72.8 Å². The van der Waals surface area contributed by atoms with Crippen LogP contribution in [0.5, 0.6) is 5.75 Å². The van der Waals surface area contributed by atoms with Crippen molar-refractivity contribution in [1.82, 2.24) is 20.3 Å². The number of fused-ring (bicyclic) bond motifs is 1. The van der Waals surface area contributed by atoms with Gasteiger partial charge in [-0.05, 0) is 69.7 Å². The lowest BCUT2D eigenvalue weighted by Crippen LogP contribution is -2.50. The average molecular weight is 514 g/mol. The van der Waals surface area contributed by atoms with Crippen LogP contribution < -0.4 is 15.0 Å². The summed E-state index contributed by atoms with van der Waals surface area (Å²) in [5.74, 6) is -0.393. The third kappa shape index (κ3) is 5.88. The fourth-order valence-corrected chi connectivity index (χ4v) is 4.22. The maximum Gasteiger partial charge on any atom is 0.249 e. The number of methoxy groups -OCH3 is 1. The summed E-state index contributed by atoms with van der Waals surface area (Å²) in [5.41, 5.74) is 2.16. The highest BCUT2D eigenvalue weighted by Gasteiger charge is 2.35. The third-order valence-electron chi connectivity index (χ3n) is 5.92. The van der Waals surface area contributed by atoms with E-state index in [0.29, 0.717) is 33.6 Å². The molecule has 0 saturated heterocycles. The minimum absolute atomic E-state index is 0.154. The molecule has 196 valence electrons. The Balaban J connectivity index is 1.87. The SMILES string of the molecule is COc1cccc([C@@H](C(=O)NC(C)(C)C)N(C(=O)Cn2nnc3ccccc32)c2cccc(C(C)=O)c2)c1. The van der Waals surface area contributed by atoms with Gasteiger partial charge < -0.3 is 10.1 Å². The number of ketones is 1. The molecule has 38 heavy (non-hydrogen) atoms. The maximum atomic E-state index is 14.1. The number of hydrogen-bond acceptors (Lipinski definition) is 6. The van der Waals surface area contributed by atoms with Gasteiger partial charge in [0.25, 0.3) is 0 Å². The third-order valence-corrected chi connectivity index (χ3v) is 5.92. The van der Waals surface area contributed by atoms with Gasteiger partial charge in [-0.2, -0.15) is 0 Å². The summed E-state index contributed by atoms with van der Waals surface area (Å²) in [6, 6.07) is 20.0. The fraction of sp³-hybridized carbons (Fsp3) is 0.276. The first kappa shape index (κ1) is 26.5. The zero-order valence-corrected chi connectivity index (χ0v) is 22.1. The number of anilines is 1. The highest BCUT2D eigenvalue weighted by molar-refractivity contribution is 6.03. The standard InChI is InChI=1S/C29H31N5O4/c1-19(35)20-10-8-12-22(16-20)34(26(36)18-33-25-15-7-6-14-24(25)31-32-33)27(28(37)30-29(2,3)4)21-11-9-13-23(17-21)38-5/h6-17,27H,18H2,1-5H3,(H,30,37)/t27-/m0/s1. The Kier molecular flexibility index (Phi) is 7.57. The number of aromatic nitrogens is 3. The molecule has 4 rings (SSSR count). The first-order valence-corrected chi connectivity index (χ1v) is 12.2. The van der Waals surface area contributed by atoms with E-state index in [9.17, 15) is 14.4 Å². The van der Waals surface area contributed by atoms with E-state index in [-0.39, 0.29) is 18.2 Å². The molecule has 1 atom stereocenters. The molecule has 1 heterocycles. The van der Waals surface area contributed by atoms with Gasteiger partial charge in [-0.1, -0.05) is 41.6 Å². The second-order valence-corrected chi connectivity index (χ2v) is 10.0. The molecule has 0 aliphatic heterocycles. The summed E-state index contributed by atoms with van der Waals surface area (Å²) in [7, 11) is 1.54. The Morgan fingerprint density at radius 1 is 1.00 bits per heavy atom. The molecule has 0 saturated carbocycles. The molecule has 1 aromatic heterocycles. The van der Waals surface area contributed by atoms with Gasteiger partial charge in [-0.25, -0.2) is 4.68 Å². The number of amides is 2. The van der Waals surface area contributed by atoms with Crippen molar-refractivity contribution in [2.24, 2.45) is 0 Å². The lowest BCUT2D eigenvalue weighted by atomic mass is 9.99. The number of carbonyl (C=O) groups excluding carboxylic acids is 3. The van der Waals surface area contributed by atoms with Crippen molar-refractivity contribution in [1.29, 1.82) is 0 Å². The van der Waals surface area contributed by atoms with Crippen LogP contribution in [0.2, 0.25) is 0 Å². The summed E-state index contributed by atoms with van der Waals surface area (Å²) in [5, 5.41) is 11.3. The van der Waals surface area contributed by atoms with Gasteiger partial charge in [0.1, 0.15) is 23.9 Å². The predicted molar refractivity (Wildman–Crippen MR) is 145 cm³/mol. The molecule has 0 unspecified atom stereocenters. The topological polar surface area (TPSA) is 106 Å². The van der Waals surface area contributed by atoms with Crippen molar-refractivity contribution in [3.8, 4) is 5.75 Å². The Bertz CT molecular complexity index is 1490. The molecule has 9 nitrogen and oxygen atoms in total. The first-order valence-electron chi connectivity index (χ1n) is 12.2. The van der Waals surface area contributed by atoms with E-state index in [4.69, 9.17) is 4.74 Å². The number of ether oxygens (including phenoxy) is 1. The number of nitrogens with one attached hydrogen (secondary N) is 1. The van der Waals surface area contributed by atoms with E-state index < -0.39 is 17.5 Å². The van der Waals surface area contributed by atoms with E-state index >= 15 is 0 Å². The highest BCUT2D eigenvalue weighted by Crippen LogP contribution is 2.31. The second kappa shape index (κ2) is 10.8. The lowest BCUT2D eigenvalue weighted by Gasteiger charge is -2.34. The largest absolute Gasteiger partial charge is 0.497 e. The van der Waals surface area contributed by atoms with E-state index in [1.165, 1.54) is 16.5 Å². The van der Waals surface area contributed by atoms with Crippen molar-refractivity contribution in [3.05, 3.63) is 83.9 Å². The van der Waals surface area contributed by atoms with E-state index in [1.807, 2.05) is 45.0 Å². The van der Waals surface area contributed by atoms with Crippen molar-refractivity contribution >= 4 is 34.3 Å². The number of benzene rings is 3. The van der Waals surface area contributed by atoms with Crippen LogP contribution in [0.3, 0.4) is 0 Å². The molecule has 0 spiro atoms. The fourth-order valence-electron chi connectivity index (χ4n) is 4.22. The summed E-state index contributed by atoms with van der Waals surface area (Å²) in [6.07, 6.45) is 0. The number of carbonyl (C=O) groups is 3. The van der Waals surface area contributed by atoms with Crippen molar-refractivity contribution in [2.45, 2.75) is 45.8 Å². The smallest absolute Gasteiger partial charge is 0.249 e. The van der Waals surface area contributed by atoms with E-state index in [0.717, 1.165) is 0 Å². The van der Waals surface area contributed by atoms with Crippen LogP contribution in [0.4, 0.5) is 5.69 Å². The molecule has 0 radical (unpaired) electrons. The predicted octanol–water partition coefficient (Wildman–Crippen LogP) is 4.33. The van der Waals surface area contributed by atoms with Crippen LogP contribution in [0.25, 0.3) is 11.0 Å². The first-order chi connectivity index (χ1) is 18.1. The Morgan fingerprint density at radius 2 is 1.74 bits per heavy atom. The zero-order chi connectivity index (χ0) is 27.4. The van der Waals surface area contributed by atoms with Crippen molar-refractivity contribution in [2.75, 3.05) is 12.0 Å². The summed E-state index contributed by atoms with van der Waals surface area (Å²) < 4.78 is 6.92. The van der Waals surface area contributed by atoms with Gasteiger partial charge >= 0.3 is 0 Å². The van der Waals surface area contributed by atoms with E-state index in [1.54, 1.807) is 55.6 Å². The molecular formula is C29H31N5O4. The highest BCUT2D eigenvalue weighted by atomic mass is 16.5. The zero-order valence-electron chi connectivity index (χ0n) is 22.1. The molecule has 2 amide bonds. The van der Waals surface area contributed by atoms with Gasteiger partial charge in [-0.15, -0.1) is 5.10 Å². The van der Waals surface area contributed by atoms with Gasteiger partial charge in [0, 0.05) is 16.8 Å². The van der Waals surface area contributed by atoms with Crippen LogP contribution in [-0.4, -0.2) is 45.2 Å². The van der Waals surface area contributed by atoms with Crippen LogP contribution >= 0.6 is 0 Å². The van der Waals surface area contributed by atoms with Crippen LogP contribution in [-0.2, 0) is 16.1 Å². The van der Waals surface area contributed by atoms with Crippen LogP contribution in [0.1, 0.15) is 49.7 Å². The molecule has 0 fully saturated rings. The number of hydrogen-bond donors (Lipinski definition) is 1. The Hall–Kier alpha value is -4.53. The number of nitrogens with zero attached hydrogens (tertiary/aromatic N) is 4. The minimum Gasteiger partial charge on any atom is -0.497 e. The molecule has 0 aliphatic rings. The summed E-state index contributed by atoms with van der Waals surface area (Å²) in [6.45, 7) is 6.90. The van der Waals surface area contributed by atoms with Crippen molar-refractivity contribution < 1.29 is 19.1 Å². The number of rotatable bonds is 8. The number of para-hydroxylation sites is 1. The quantitative estimate of drug-likeness (QED) is 0.352. The van der Waals surface area contributed by atoms with Gasteiger partial charge in [-0.3, -0.25) is 19.3 Å². The number of Topliss-reactive ketones (excluding diaryl/α,β-unsaturated/α-hetero) is 1.